The summed E-state index contributed by atoms with van der Waals surface area (Å²) in [5, 5.41) is 0. The molecule has 4 aliphatic carbocycles. The number of hydrogen-bond donors (Lipinski definition) is 0. The topological polar surface area (TPSA) is 0 Å². The summed E-state index contributed by atoms with van der Waals surface area (Å²) in [5.74, 6) is 6.86. The van der Waals surface area contributed by atoms with Crippen molar-refractivity contribution < 1.29 is 0 Å². The van der Waals surface area contributed by atoms with Crippen LogP contribution in [0.3, 0.4) is 0 Å². The van der Waals surface area contributed by atoms with Crippen LogP contribution in [0.5, 0.6) is 0 Å². The van der Waals surface area contributed by atoms with E-state index < -0.39 is 0 Å². The normalized spacial score (nSPS) is 46.8. The molecule has 0 heteroatoms. The van der Waals surface area contributed by atoms with E-state index in [4.69, 9.17) is 0 Å². The minimum absolute atomic E-state index is 0.631. The largest absolute Gasteiger partial charge is 0.0999 e. The van der Waals surface area contributed by atoms with Gasteiger partial charge in [0.2, 0.25) is 0 Å². The number of hydrogen-bond acceptors (Lipinski definition) is 0. The van der Waals surface area contributed by atoms with Gasteiger partial charge in [-0.05, 0) is 110 Å². The van der Waals surface area contributed by atoms with Crippen molar-refractivity contribution in [3.8, 4) is 0 Å². The zero-order chi connectivity index (χ0) is 20.1. The van der Waals surface area contributed by atoms with E-state index in [1.54, 1.807) is 12.0 Å². The highest BCUT2D eigenvalue weighted by Gasteiger charge is 2.60. The molecule has 0 unspecified atom stereocenters. The Labute approximate surface area is 176 Å². The molecule has 4 aliphatic rings. The molecule has 4 rings (SSSR count). The molecule has 0 saturated heterocycles. The van der Waals surface area contributed by atoms with Gasteiger partial charge in [-0.1, -0.05) is 66.0 Å². The van der Waals surface area contributed by atoms with E-state index in [2.05, 4.69) is 41.2 Å². The van der Waals surface area contributed by atoms with Gasteiger partial charge in [0.15, 0.2) is 0 Å². The summed E-state index contributed by atoms with van der Waals surface area (Å²) in [7, 11) is 0. The summed E-state index contributed by atoms with van der Waals surface area (Å²) in [6, 6.07) is 0. The third-order valence-electron chi connectivity index (χ3n) is 10.8. The fraction of sp³-hybridized carbons (Fsp3) is 0.929. The van der Waals surface area contributed by atoms with Gasteiger partial charge in [-0.3, -0.25) is 0 Å². The molecule has 4 saturated carbocycles. The first-order chi connectivity index (χ1) is 13.3. The van der Waals surface area contributed by atoms with Crippen molar-refractivity contribution in [2.24, 2.45) is 52.3 Å². The molecular formula is C28H48. The molecule has 0 aromatic rings. The first-order valence-corrected chi connectivity index (χ1v) is 12.9. The monoisotopic (exact) mass is 384 g/mol. The fourth-order valence-corrected chi connectivity index (χ4v) is 9.18. The van der Waals surface area contributed by atoms with Crippen LogP contribution < -0.4 is 0 Å². The number of fused-ring (bicyclic) bond motifs is 5. The maximum atomic E-state index is 4.37. The molecule has 8 atom stereocenters. The van der Waals surface area contributed by atoms with E-state index in [0.29, 0.717) is 10.8 Å². The lowest BCUT2D eigenvalue weighted by Gasteiger charge is -2.61. The zero-order valence-electron chi connectivity index (χ0n) is 19.7. The van der Waals surface area contributed by atoms with Gasteiger partial charge in [-0.2, -0.15) is 0 Å². The highest BCUT2D eigenvalue weighted by molar-refractivity contribution is 5.13. The van der Waals surface area contributed by atoms with Crippen molar-refractivity contribution >= 4 is 0 Å². The average molecular weight is 385 g/mol. The van der Waals surface area contributed by atoms with Crippen LogP contribution in [0.25, 0.3) is 0 Å². The van der Waals surface area contributed by atoms with Gasteiger partial charge in [0, 0.05) is 0 Å². The van der Waals surface area contributed by atoms with Crippen molar-refractivity contribution in [2.75, 3.05) is 0 Å². The molecule has 0 aliphatic heterocycles. The summed E-state index contributed by atoms with van der Waals surface area (Å²) in [6.07, 6.45) is 17.6. The Kier molecular flexibility index (Phi) is 5.83. The summed E-state index contributed by atoms with van der Waals surface area (Å²) >= 11 is 0. The lowest BCUT2D eigenvalue weighted by molar-refractivity contribution is -0.109. The van der Waals surface area contributed by atoms with E-state index in [0.717, 1.165) is 41.4 Å². The van der Waals surface area contributed by atoms with E-state index in [1.165, 1.54) is 70.6 Å². The van der Waals surface area contributed by atoms with Crippen molar-refractivity contribution in [1.82, 2.24) is 0 Å². The summed E-state index contributed by atoms with van der Waals surface area (Å²) in [4.78, 5) is 0. The van der Waals surface area contributed by atoms with Crippen molar-refractivity contribution in [2.45, 2.75) is 112 Å². The Balaban J connectivity index is 1.47. The highest BCUT2D eigenvalue weighted by Crippen LogP contribution is 2.68. The predicted octanol–water partition coefficient (Wildman–Crippen LogP) is 8.66. The van der Waals surface area contributed by atoms with Gasteiger partial charge in [0.1, 0.15) is 0 Å². The van der Waals surface area contributed by atoms with Crippen molar-refractivity contribution in [3.05, 3.63) is 12.2 Å². The van der Waals surface area contributed by atoms with Crippen molar-refractivity contribution in [1.29, 1.82) is 0 Å². The molecule has 0 aromatic heterocycles. The van der Waals surface area contributed by atoms with Gasteiger partial charge in [0.25, 0.3) is 0 Å². The second kappa shape index (κ2) is 7.77. The molecule has 0 heterocycles. The van der Waals surface area contributed by atoms with Crippen LogP contribution >= 0.6 is 0 Å². The van der Waals surface area contributed by atoms with Crippen LogP contribution in [-0.2, 0) is 0 Å². The maximum Gasteiger partial charge on any atom is -0.0260 e. The lowest BCUT2D eigenvalue weighted by Crippen LogP contribution is -2.53. The molecular weight excluding hydrogens is 336 g/mol. The molecule has 0 spiro atoms. The molecule has 4 fully saturated rings. The van der Waals surface area contributed by atoms with E-state index in [-0.39, 0.29) is 0 Å². The predicted molar refractivity (Wildman–Crippen MR) is 122 cm³/mol. The second-order valence-corrected chi connectivity index (χ2v) is 12.6. The quantitative estimate of drug-likeness (QED) is 0.416. The van der Waals surface area contributed by atoms with Gasteiger partial charge in [0.05, 0.1) is 0 Å². The van der Waals surface area contributed by atoms with Crippen LogP contribution in [0.1, 0.15) is 112 Å². The van der Waals surface area contributed by atoms with Crippen LogP contribution in [0.4, 0.5) is 0 Å². The Morgan fingerprint density at radius 1 is 0.893 bits per heavy atom. The standard InChI is InChI=1S/C28H48/c1-19(2)8-7-9-21(4)24-12-13-25-23-11-10-22-18-20(3)14-16-27(22,5)26(23)15-17-28(24,25)6/h19,21-26H,3,7-18H2,1-2,4-6H3/t21-,22+,23+,24-,25+,26+,27+,28-/m1/s1. The fourth-order valence-electron chi connectivity index (χ4n) is 9.18. The van der Waals surface area contributed by atoms with Crippen LogP contribution in [0.15, 0.2) is 12.2 Å². The third kappa shape index (κ3) is 3.43. The summed E-state index contributed by atoms with van der Waals surface area (Å²) < 4.78 is 0. The molecule has 0 bridgehead atoms. The van der Waals surface area contributed by atoms with Crippen LogP contribution in [0.2, 0.25) is 0 Å². The maximum absolute atomic E-state index is 4.37. The van der Waals surface area contributed by atoms with E-state index in [9.17, 15) is 0 Å². The first kappa shape index (κ1) is 21.0. The first-order valence-electron chi connectivity index (χ1n) is 12.9. The molecule has 0 nitrogen and oxygen atoms in total. The Bertz CT molecular complexity index is 573. The Hall–Kier alpha value is -0.260. The van der Waals surface area contributed by atoms with Crippen LogP contribution in [0, 0.1) is 52.3 Å². The molecule has 0 amide bonds. The molecule has 160 valence electrons. The second-order valence-electron chi connectivity index (χ2n) is 12.6. The summed E-state index contributed by atoms with van der Waals surface area (Å²) in [6.45, 7) is 17.2. The van der Waals surface area contributed by atoms with Gasteiger partial charge in [-0.15, -0.1) is 0 Å². The average Bonchev–Trinajstić information content (AvgIpc) is 2.99. The van der Waals surface area contributed by atoms with Crippen LogP contribution in [-0.4, -0.2) is 0 Å². The van der Waals surface area contributed by atoms with E-state index in [1.807, 2.05) is 0 Å². The molecule has 0 N–H and O–H groups in total. The minimum atomic E-state index is 0.631. The highest BCUT2D eigenvalue weighted by atomic mass is 14.6. The molecule has 0 radical (unpaired) electrons. The Morgan fingerprint density at radius 3 is 2.39 bits per heavy atom. The molecule has 28 heavy (non-hydrogen) atoms. The van der Waals surface area contributed by atoms with Crippen molar-refractivity contribution in [3.63, 3.8) is 0 Å². The smallest absolute Gasteiger partial charge is 0.0260 e. The lowest BCUT2D eigenvalue weighted by atomic mass is 9.44. The van der Waals surface area contributed by atoms with Gasteiger partial charge < -0.3 is 0 Å². The van der Waals surface area contributed by atoms with Gasteiger partial charge >= 0.3 is 0 Å². The SMILES string of the molecule is C=C1CC[C@@]2(C)[C@@H](CC[C@@H]3[C@@H]2CC[C@]2(C)[C@@H]([C@H](C)CCCC(C)C)CC[C@@H]32)C1. The third-order valence-corrected chi connectivity index (χ3v) is 10.8. The zero-order valence-corrected chi connectivity index (χ0v) is 19.7. The minimum Gasteiger partial charge on any atom is -0.0999 e. The van der Waals surface area contributed by atoms with Gasteiger partial charge in [-0.25, -0.2) is 0 Å². The summed E-state index contributed by atoms with van der Waals surface area (Å²) in [5.41, 5.74) is 2.84. The molecule has 0 aromatic carbocycles. The van der Waals surface area contributed by atoms with E-state index >= 15 is 0 Å². The Morgan fingerprint density at radius 2 is 1.64 bits per heavy atom. The number of rotatable bonds is 5. The number of allylic oxidation sites excluding steroid dienone is 1.